The molecule has 88 valence electrons. The zero-order valence-electron chi connectivity index (χ0n) is 9.96. The van der Waals surface area contributed by atoms with Crippen LogP contribution in [0.4, 0.5) is 0 Å². The van der Waals surface area contributed by atoms with Crippen LogP contribution in [-0.4, -0.2) is 42.4 Å². The topological polar surface area (TPSA) is 75.4 Å². The summed E-state index contributed by atoms with van der Waals surface area (Å²) in [5.74, 6) is -0.267. The van der Waals surface area contributed by atoms with E-state index in [0.717, 1.165) is 0 Å². The third kappa shape index (κ3) is 6.90. The molecular weight excluding hydrogens is 194 g/mol. The van der Waals surface area contributed by atoms with Gasteiger partial charge in [0.1, 0.15) is 0 Å². The molecule has 0 aromatic rings. The molecule has 0 radical (unpaired) electrons. The maximum Gasteiger partial charge on any atom is 0.239 e. The van der Waals surface area contributed by atoms with Crippen molar-refractivity contribution in [3.8, 4) is 0 Å². The monoisotopic (exact) mass is 215 g/mol. The highest BCUT2D eigenvalue weighted by molar-refractivity contribution is 5.84. The molecule has 15 heavy (non-hydrogen) atoms. The van der Waals surface area contributed by atoms with Crippen LogP contribution in [0, 0.1) is 0 Å². The highest BCUT2D eigenvalue weighted by Gasteiger charge is 2.20. The third-order valence-corrected chi connectivity index (χ3v) is 1.79. The van der Waals surface area contributed by atoms with Crippen LogP contribution in [0.25, 0.3) is 0 Å². The predicted octanol–water partition coefficient (Wildman–Crippen LogP) is -0.292. The van der Waals surface area contributed by atoms with Gasteiger partial charge in [0.05, 0.1) is 6.54 Å². The van der Waals surface area contributed by atoms with E-state index in [1.807, 2.05) is 6.92 Å². The van der Waals surface area contributed by atoms with Gasteiger partial charge in [0.25, 0.3) is 0 Å². The summed E-state index contributed by atoms with van der Waals surface area (Å²) in [5.41, 5.74) is 5.18. The Bertz CT molecular complexity index is 233. The molecule has 5 heteroatoms. The van der Waals surface area contributed by atoms with Gasteiger partial charge in [-0.2, -0.15) is 0 Å². The number of rotatable bonds is 5. The molecule has 0 saturated heterocycles. The summed E-state index contributed by atoms with van der Waals surface area (Å²) in [5, 5.41) is 2.63. The van der Waals surface area contributed by atoms with Crippen molar-refractivity contribution < 1.29 is 9.59 Å². The second kappa shape index (κ2) is 5.70. The molecule has 0 aliphatic heterocycles. The molecule has 0 spiro atoms. The van der Waals surface area contributed by atoms with Crippen molar-refractivity contribution in [3.05, 3.63) is 0 Å². The molecule has 0 aliphatic carbocycles. The van der Waals surface area contributed by atoms with Gasteiger partial charge in [-0.3, -0.25) is 9.59 Å². The molecule has 3 N–H and O–H groups in total. The molecule has 0 bridgehead atoms. The van der Waals surface area contributed by atoms with Crippen molar-refractivity contribution in [3.63, 3.8) is 0 Å². The molecule has 0 aromatic carbocycles. The molecule has 0 unspecified atom stereocenters. The Morgan fingerprint density at radius 3 is 2.33 bits per heavy atom. The van der Waals surface area contributed by atoms with Crippen LogP contribution in [-0.2, 0) is 9.59 Å². The summed E-state index contributed by atoms with van der Waals surface area (Å²) in [4.78, 5) is 24.1. The van der Waals surface area contributed by atoms with Gasteiger partial charge in [-0.25, -0.2) is 0 Å². The standard InChI is InChI=1S/C10H21N3O2/c1-5-12-8(14)7-13(4)9(15)6-10(2,3)11/h5-7,11H2,1-4H3,(H,12,14). The molecular formula is C10H21N3O2. The van der Waals surface area contributed by atoms with Crippen molar-refractivity contribution >= 4 is 11.8 Å². The predicted molar refractivity (Wildman–Crippen MR) is 59.2 cm³/mol. The van der Waals surface area contributed by atoms with Gasteiger partial charge >= 0.3 is 0 Å². The minimum Gasteiger partial charge on any atom is -0.355 e. The van der Waals surface area contributed by atoms with E-state index in [-0.39, 0.29) is 24.8 Å². The maximum absolute atomic E-state index is 11.6. The number of likely N-dealkylation sites (N-methyl/N-ethyl adjacent to an activating group) is 2. The number of nitrogens with zero attached hydrogens (tertiary/aromatic N) is 1. The molecule has 0 atom stereocenters. The summed E-state index contributed by atoms with van der Waals surface area (Å²) >= 11 is 0. The lowest BCUT2D eigenvalue weighted by atomic mass is 10.0. The van der Waals surface area contributed by atoms with E-state index < -0.39 is 5.54 Å². The van der Waals surface area contributed by atoms with Gasteiger partial charge in [0, 0.05) is 25.6 Å². The quantitative estimate of drug-likeness (QED) is 0.661. The Labute approximate surface area is 91.0 Å². The molecule has 0 fully saturated rings. The van der Waals surface area contributed by atoms with Crippen LogP contribution in [0.3, 0.4) is 0 Å². The van der Waals surface area contributed by atoms with Gasteiger partial charge < -0.3 is 16.0 Å². The van der Waals surface area contributed by atoms with E-state index in [1.165, 1.54) is 4.90 Å². The lowest BCUT2D eigenvalue weighted by Crippen LogP contribution is -2.43. The number of hydrogen-bond acceptors (Lipinski definition) is 3. The van der Waals surface area contributed by atoms with Crippen LogP contribution in [0.5, 0.6) is 0 Å². The summed E-state index contributed by atoms with van der Waals surface area (Å²) in [6.45, 7) is 6.06. The number of nitrogens with two attached hydrogens (primary N) is 1. The van der Waals surface area contributed by atoms with E-state index in [0.29, 0.717) is 6.54 Å². The lowest BCUT2D eigenvalue weighted by molar-refractivity contribution is -0.135. The number of nitrogens with one attached hydrogen (secondary N) is 1. The van der Waals surface area contributed by atoms with Crippen LogP contribution >= 0.6 is 0 Å². The van der Waals surface area contributed by atoms with Gasteiger partial charge in [-0.1, -0.05) is 0 Å². The van der Waals surface area contributed by atoms with Crippen molar-refractivity contribution in [2.24, 2.45) is 5.73 Å². The number of amides is 2. The molecule has 0 rings (SSSR count). The Balaban J connectivity index is 4.05. The largest absolute Gasteiger partial charge is 0.355 e. The van der Waals surface area contributed by atoms with Crippen molar-refractivity contribution in [2.45, 2.75) is 32.7 Å². The zero-order valence-corrected chi connectivity index (χ0v) is 9.96. The Morgan fingerprint density at radius 1 is 1.40 bits per heavy atom. The van der Waals surface area contributed by atoms with Crippen molar-refractivity contribution in [1.82, 2.24) is 10.2 Å². The Hall–Kier alpha value is -1.10. The van der Waals surface area contributed by atoms with Gasteiger partial charge in [-0.05, 0) is 20.8 Å². The number of carbonyl (C=O) groups excluding carboxylic acids is 2. The van der Waals surface area contributed by atoms with Crippen molar-refractivity contribution in [2.75, 3.05) is 20.1 Å². The van der Waals surface area contributed by atoms with Crippen LogP contribution in [0.15, 0.2) is 0 Å². The third-order valence-electron chi connectivity index (χ3n) is 1.79. The lowest BCUT2D eigenvalue weighted by Gasteiger charge is -2.22. The summed E-state index contributed by atoms with van der Waals surface area (Å²) in [6.07, 6.45) is 0.239. The first kappa shape index (κ1) is 13.9. The Morgan fingerprint density at radius 2 is 1.93 bits per heavy atom. The molecule has 0 aliphatic rings. The van der Waals surface area contributed by atoms with Crippen LogP contribution in [0.1, 0.15) is 27.2 Å². The smallest absolute Gasteiger partial charge is 0.239 e. The minimum atomic E-state index is -0.535. The first-order chi connectivity index (χ1) is 6.76. The second-order valence-corrected chi connectivity index (χ2v) is 4.37. The molecule has 0 aromatic heterocycles. The zero-order chi connectivity index (χ0) is 12.1. The fourth-order valence-corrected chi connectivity index (χ4v) is 1.08. The average molecular weight is 215 g/mol. The SMILES string of the molecule is CCNC(=O)CN(C)C(=O)CC(C)(C)N. The summed E-state index contributed by atoms with van der Waals surface area (Å²) in [6, 6.07) is 0. The number of carbonyl (C=O) groups is 2. The first-order valence-corrected chi connectivity index (χ1v) is 5.06. The average Bonchev–Trinajstić information content (AvgIpc) is 2.00. The number of hydrogen-bond donors (Lipinski definition) is 2. The van der Waals surface area contributed by atoms with E-state index in [4.69, 9.17) is 5.73 Å². The van der Waals surface area contributed by atoms with Crippen LogP contribution in [0.2, 0.25) is 0 Å². The van der Waals surface area contributed by atoms with E-state index in [2.05, 4.69) is 5.32 Å². The summed E-state index contributed by atoms with van der Waals surface area (Å²) < 4.78 is 0. The maximum atomic E-state index is 11.6. The van der Waals surface area contributed by atoms with E-state index >= 15 is 0 Å². The normalized spacial score (nSPS) is 11.0. The highest BCUT2D eigenvalue weighted by atomic mass is 16.2. The molecule has 5 nitrogen and oxygen atoms in total. The molecule has 0 saturated carbocycles. The fraction of sp³-hybridized carbons (Fsp3) is 0.800. The highest BCUT2D eigenvalue weighted by Crippen LogP contribution is 2.05. The van der Waals surface area contributed by atoms with Gasteiger partial charge in [0.15, 0.2) is 0 Å². The minimum absolute atomic E-state index is 0.0861. The van der Waals surface area contributed by atoms with Crippen LogP contribution < -0.4 is 11.1 Å². The summed E-state index contributed by atoms with van der Waals surface area (Å²) in [7, 11) is 1.60. The first-order valence-electron chi connectivity index (χ1n) is 5.06. The second-order valence-electron chi connectivity index (χ2n) is 4.37. The van der Waals surface area contributed by atoms with E-state index in [9.17, 15) is 9.59 Å². The van der Waals surface area contributed by atoms with Gasteiger partial charge in [0.2, 0.25) is 11.8 Å². The Kier molecular flexibility index (Phi) is 5.28. The van der Waals surface area contributed by atoms with Gasteiger partial charge in [-0.15, -0.1) is 0 Å². The van der Waals surface area contributed by atoms with E-state index in [1.54, 1.807) is 20.9 Å². The molecule has 2 amide bonds. The molecule has 0 heterocycles. The van der Waals surface area contributed by atoms with Crippen molar-refractivity contribution in [1.29, 1.82) is 0 Å². The fourth-order valence-electron chi connectivity index (χ4n) is 1.08.